The van der Waals surface area contributed by atoms with Crippen molar-refractivity contribution in [2.75, 3.05) is 29.4 Å². The molecule has 642 valence electrons. The van der Waals surface area contributed by atoms with E-state index >= 15 is 0 Å². The quantitative estimate of drug-likeness (QED) is 0.0776. The van der Waals surface area contributed by atoms with Crippen LogP contribution in [0.15, 0.2) is 498 Å². The van der Waals surface area contributed by atoms with Crippen LogP contribution in [0.3, 0.4) is 0 Å². The highest BCUT2D eigenvalue weighted by atomic mass is 15.2. The second-order valence-electron chi connectivity index (χ2n) is 34.5. The summed E-state index contributed by atoms with van der Waals surface area (Å²) in [5.74, 6) is 2.63. The van der Waals surface area contributed by atoms with Crippen LogP contribution in [0.1, 0.15) is 11.3 Å². The molecule has 10 nitrogen and oxygen atoms in total. The van der Waals surface area contributed by atoms with Crippen molar-refractivity contribution < 1.29 is 0 Å². The van der Waals surface area contributed by atoms with Crippen molar-refractivity contribution >= 4 is 221 Å². The number of para-hydroxylation sites is 6. The van der Waals surface area contributed by atoms with Crippen LogP contribution in [0, 0.1) is 13.8 Å². The first-order valence-corrected chi connectivity index (χ1v) is 46.2. The van der Waals surface area contributed by atoms with Gasteiger partial charge in [0.2, 0.25) is 0 Å². The number of hydrogen-bond acceptors (Lipinski definition) is 10. The van der Waals surface area contributed by atoms with Gasteiger partial charge >= 0.3 is 0 Å². The molecule has 0 saturated heterocycles. The lowest BCUT2D eigenvalue weighted by molar-refractivity contribution is 1.17. The summed E-state index contributed by atoms with van der Waals surface area (Å²) >= 11 is 0. The standard InChI is InChI=1S/C46H30N4.C40H30N4.C40H28N2/c1-3-15-35-31(11-1)13-9-17-39(35)49(43-19-5-7-29-47-43)41-27-23-33-22-26-38-42(28-24-34-21-25-37(41)45(33)46(34)38)50(44-20-6-8-30-48-44)40-18-10-14-32-12-2-4-16-36(32)40;1-27-13-24-38(42-25-27)44(32-11-7-4-8-12-32)37-23-18-30-15-20-34-36(22-17-29-16-21-35(37)40(30)39(29)34)43(31-9-5-3-6-10-31)33-19-14-28(2)41-26-33;1-5-13-31(14-6-1)41(32-15-7-2-8-16-32)37-27-23-29-22-26-36-38(28-24-30-21-25-35(37)39(29)40(30)36)42(33-17-9-3-10-18-33)34-19-11-4-12-20-34/h1-30H;3-26H,1-2H3;1-28H. The largest absolute Gasteiger partial charge is 0.310 e. The maximum atomic E-state index is 4.89. The molecule has 0 aliphatic carbocycles. The number of fused-ring (bicyclic) bond motifs is 2. The first-order chi connectivity index (χ1) is 67.3. The van der Waals surface area contributed by atoms with Crippen LogP contribution in [-0.4, -0.2) is 19.9 Å². The summed E-state index contributed by atoms with van der Waals surface area (Å²) in [6, 6.07) is 169. The Hall–Kier alpha value is -18.1. The second-order valence-corrected chi connectivity index (χ2v) is 34.5. The van der Waals surface area contributed by atoms with E-state index < -0.39 is 0 Å². The van der Waals surface area contributed by atoms with Gasteiger partial charge in [0, 0.05) is 101 Å². The lowest BCUT2D eigenvalue weighted by Crippen LogP contribution is -2.13. The van der Waals surface area contributed by atoms with Crippen molar-refractivity contribution in [1.29, 1.82) is 0 Å². The fourth-order valence-electron chi connectivity index (χ4n) is 20.3. The van der Waals surface area contributed by atoms with Crippen LogP contribution in [0.2, 0.25) is 0 Å². The van der Waals surface area contributed by atoms with E-state index in [-0.39, 0.29) is 0 Å². The van der Waals surface area contributed by atoms with E-state index in [1.165, 1.54) is 130 Å². The van der Waals surface area contributed by atoms with E-state index in [9.17, 15) is 0 Å². The monoisotopic (exact) mass is 1740 g/mol. The van der Waals surface area contributed by atoms with Crippen LogP contribution in [0.25, 0.3) is 118 Å². The van der Waals surface area contributed by atoms with E-state index in [1.807, 2.05) is 43.8 Å². The van der Waals surface area contributed by atoms with Gasteiger partial charge in [-0.25, -0.2) is 15.0 Å². The average molecular weight is 1740 g/mol. The Labute approximate surface area is 788 Å². The first kappa shape index (κ1) is 81.1. The number of rotatable bonds is 18. The minimum absolute atomic E-state index is 0.872. The molecule has 0 atom stereocenters. The molecule has 4 aromatic heterocycles. The molecular weight excluding hydrogens is 1650 g/mol. The highest BCUT2D eigenvalue weighted by Gasteiger charge is 2.29. The van der Waals surface area contributed by atoms with Gasteiger partial charge in [0.25, 0.3) is 0 Å². The van der Waals surface area contributed by atoms with Crippen LogP contribution >= 0.6 is 0 Å². The van der Waals surface area contributed by atoms with Gasteiger partial charge in [-0.1, -0.05) is 309 Å². The highest BCUT2D eigenvalue weighted by Crippen LogP contribution is 2.54. The number of pyridine rings is 4. The molecule has 0 radical (unpaired) electrons. The molecule has 0 aliphatic heterocycles. The Morgan fingerprint density at radius 2 is 0.412 bits per heavy atom. The van der Waals surface area contributed by atoms with E-state index in [0.717, 1.165) is 103 Å². The topological polar surface area (TPSA) is 71.0 Å². The smallest absolute Gasteiger partial charge is 0.137 e. The summed E-state index contributed by atoms with van der Waals surface area (Å²) in [7, 11) is 0. The summed E-state index contributed by atoms with van der Waals surface area (Å²) in [6.45, 7) is 4.10. The van der Waals surface area contributed by atoms with Gasteiger partial charge in [0.05, 0.1) is 57.4 Å². The number of hydrogen-bond donors (Lipinski definition) is 0. The van der Waals surface area contributed by atoms with E-state index in [0.29, 0.717) is 0 Å². The predicted octanol–water partition coefficient (Wildman–Crippen LogP) is 35.1. The summed E-state index contributed by atoms with van der Waals surface area (Å²) in [4.78, 5) is 33.2. The summed E-state index contributed by atoms with van der Waals surface area (Å²) < 4.78 is 0. The first-order valence-electron chi connectivity index (χ1n) is 46.2. The Kier molecular flexibility index (Phi) is 20.9. The van der Waals surface area contributed by atoms with Gasteiger partial charge in [-0.2, -0.15) is 0 Å². The molecule has 0 saturated carbocycles. The van der Waals surface area contributed by atoms with Crippen molar-refractivity contribution in [2.45, 2.75) is 13.8 Å². The highest BCUT2D eigenvalue weighted by molar-refractivity contribution is 6.32. The normalized spacial score (nSPS) is 11.5. The molecule has 26 rings (SSSR count). The Bertz CT molecular complexity index is 8210. The molecule has 0 bridgehead atoms. The minimum Gasteiger partial charge on any atom is -0.310 e. The van der Waals surface area contributed by atoms with Crippen molar-refractivity contribution in [3.8, 4) is 0 Å². The van der Waals surface area contributed by atoms with Crippen LogP contribution < -0.4 is 29.4 Å². The third-order valence-electron chi connectivity index (χ3n) is 26.4. The molecule has 0 N–H and O–H groups in total. The van der Waals surface area contributed by atoms with Gasteiger partial charge in [0.1, 0.15) is 17.5 Å². The van der Waals surface area contributed by atoms with Crippen LogP contribution in [-0.2, 0) is 0 Å². The van der Waals surface area contributed by atoms with E-state index in [4.69, 9.17) is 15.0 Å². The zero-order chi connectivity index (χ0) is 90.5. The van der Waals surface area contributed by atoms with Crippen molar-refractivity contribution in [3.63, 3.8) is 0 Å². The zero-order valence-electron chi connectivity index (χ0n) is 74.8. The van der Waals surface area contributed by atoms with Crippen LogP contribution in [0.5, 0.6) is 0 Å². The van der Waals surface area contributed by atoms with Crippen molar-refractivity contribution in [3.05, 3.63) is 509 Å². The molecule has 0 aliphatic rings. The molecular formula is C126H88N10. The SMILES string of the molecule is Cc1ccc(N(c2ccccc2)c2ccc3ccc4c(N(c5ccccc5)c5ccc(C)nc5)ccc5ccc2c3c54)nc1.c1ccc(N(c2cccc3ccccc23)c2ccc3ccc4c(N(c5ccccn5)c5cccc6ccccc56)ccc5ccc2c3c54)nc1.c1ccc(N(c2ccccc2)c2ccc3ccc4c(N(c5ccccc5)c5ccccc5)ccc5ccc2c3c54)cc1. The van der Waals surface area contributed by atoms with Crippen molar-refractivity contribution in [1.82, 2.24) is 19.9 Å². The third-order valence-corrected chi connectivity index (χ3v) is 26.4. The van der Waals surface area contributed by atoms with Gasteiger partial charge in [0.15, 0.2) is 0 Å². The molecule has 0 spiro atoms. The molecule has 10 heteroatoms. The molecule has 0 fully saturated rings. The van der Waals surface area contributed by atoms with Crippen LogP contribution in [0.4, 0.5) is 103 Å². The van der Waals surface area contributed by atoms with Gasteiger partial charge in [-0.3, -0.25) is 19.7 Å². The van der Waals surface area contributed by atoms with Gasteiger partial charge in [-0.05, 0) is 259 Å². The van der Waals surface area contributed by atoms with E-state index in [2.05, 4.69) is 502 Å². The number of anilines is 18. The number of nitrogens with zero attached hydrogens (tertiary/aromatic N) is 10. The van der Waals surface area contributed by atoms with Gasteiger partial charge in [-0.15, -0.1) is 0 Å². The lowest BCUT2D eigenvalue weighted by atomic mass is 9.91. The van der Waals surface area contributed by atoms with Crippen molar-refractivity contribution in [2.24, 2.45) is 0 Å². The molecule has 4 heterocycles. The summed E-state index contributed by atoms with van der Waals surface area (Å²) in [6.07, 6.45) is 7.64. The molecule has 136 heavy (non-hydrogen) atoms. The fourth-order valence-corrected chi connectivity index (χ4v) is 20.3. The molecule has 0 amide bonds. The lowest BCUT2D eigenvalue weighted by Gasteiger charge is -2.29. The maximum Gasteiger partial charge on any atom is 0.137 e. The molecule has 0 unspecified atom stereocenters. The maximum absolute atomic E-state index is 4.89. The second kappa shape index (κ2) is 35.0. The predicted molar refractivity (Wildman–Crippen MR) is 574 cm³/mol. The fraction of sp³-hybridized carbons (Fsp3) is 0.0159. The third kappa shape index (κ3) is 14.6. The Balaban J connectivity index is 0.000000112. The summed E-state index contributed by atoms with van der Waals surface area (Å²) in [5.41, 5.74) is 18.8. The molecule has 26 aromatic rings. The number of aryl methyl sites for hydroxylation is 2. The van der Waals surface area contributed by atoms with E-state index in [1.54, 1.807) is 0 Å². The number of aromatic nitrogens is 4. The summed E-state index contributed by atoms with van der Waals surface area (Å²) in [5, 5.41) is 26.8. The number of benzene rings is 22. The molecule has 22 aromatic carbocycles. The average Bonchev–Trinajstić information content (AvgIpc) is 0.728. The van der Waals surface area contributed by atoms with Gasteiger partial charge < -0.3 is 14.7 Å². The Morgan fingerprint density at radius 3 is 0.713 bits per heavy atom. The Morgan fingerprint density at radius 1 is 0.147 bits per heavy atom. The zero-order valence-corrected chi connectivity index (χ0v) is 74.8. The minimum atomic E-state index is 0.872.